The van der Waals surface area contributed by atoms with E-state index in [1.165, 1.54) is 11.1 Å². The minimum Gasteiger partial charge on any atom is -0.497 e. The molecule has 3 heteroatoms. The number of aryl methyl sites for hydroxylation is 1. The Labute approximate surface area is 121 Å². The van der Waals surface area contributed by atoms with Gasteiger partial charge in [0.05, 0.1) is 7.11 Å². The van der Waals surface area contributed by atoms with Crippen molar-refractivity contribution in [3.8, 4) is 5.75 Å². The van der Waals surface area contributed by atoms with Crippen molar-refractivity contribution in [2.24, 2.45) is 0 Å². The van der Waals surface area contributed by atoms with Gasteiger partial charge in [-0.2, -0.15) is 0 Å². The van der Waals surface area contributed by atoms with Crippen molar-refractivity contribution in [2.75, 3.05) is 19.9 Å². The summed E-state index contributed by atoms with van der Waals surface area (Å²) in [4.78, 5) is 2.26. The molecule has 0 atom stereocenters. The number of nitrogen functional groups attached to an aromatic ring is 1. The molecule has 20 heavy (non-hydrogen) atoms. The van der Waals surface area contributed by atoms with Gasteiger partial charge in [0.15, 0.2) is 0 Å². The van der Waals surface area contributed by atoms with E-state index in [0.29, 0.717) is 0 Å². The Balaban J connectivity index is 2.08. The first kappa shape index (κ1) is 14.4. The average Bonchev–Trinajstić information content (AvgIpc) is 2.44. The van der Waals surface area contributed by atoms with Gasteiger partial charge >= 0.3 is 0 Å². The van der Waals surface area contributed by atoms with Crippen molar-refractivity contribution >= 4 is 5.69 Å². The lowest BCUT2D eigenvalue weighted by atomic mass is 10.1. The molecule has 0 aliphatic heterocycles. The van der Waals surface area contributed by atoms with Gasteiger partial charge in [0.1, 0.15) is 5.75 Å². The molecule has 0 amide bonds. The minimum absolute atomic E-state index is 0.803. The number of anilines is 1. The van der Waals surface area contributed by atoms with Crippen LogP contribution in [0, 0.1) is 6.92 Å². The molecule has 0 radical (unpaired) electrons. The Morgan fingerprint density at radius 3 is 2.45 bits per heavy atom. The van der Waals surface area contributed by atoms with E-state index in [0.717, 1.165) is 30.1 Å². The molecule has 106 valence electrons. The maximum absolute atomic E-state index is 6.03. The molecule has 0 fully saturated rings. The third-order valence-electron chi connectivity index (χ3n) is 3.49. The van der Waals surface area contributed by atoms with Crippen LogP contribution in [0.4, 0.5) is 5.69 Å². The zero-order valence-corrected chi connectivity index (χ0v) is 12.4. The molecule has 0 aliphatic carbocycles. The van der Waals surface area contributed by atoms with Crippen molar-refractivity contribution in [3.05, 3.63) is 59.2 Å². The fourth-order valence-electron chi connectivity index (χ4n) is 2.27. The molecule has 0 saturated carbocycles. The molecule has 0 aliphatic rings. The number of ether oxygens (including phenoxy) is 1. The number of nitrogens with two attached hydrogens (primary N) is 1. The molecule has 0 unspecified atom stereocenters. The Morgan fingerprint density at radius 2 is 1.75 bits per heavy atom. The number of hydrogen-bond donors (Lipinski definition) is 1. The molecule has 2 aromatic carbocycles. The van der Waals surface area contributed by atoms with Crippen molar-refractivity contribution < 1.29 is 4.74 Å². The quantitative estimate of drug-likeness (QED) is 0.848. The maximum atomic E-state index is 6.03. The lowest BCUT2D eigenvalue weighted by Crippen LogP contribution is -2.18. The fourth-order valence-corrected chi connectivity index (χ4v) is 2.27. The van der Waals surface area contributed by atoms with Crippen molar-refractivity contribution in [2.45, 2.75) is 20.0 Å². The smallest absolute Gasteiger partial charge is 0.119 e. The highest BCUT2D eigenvalue weighted by molar-refractivity contribution is 5.50. The highest BCUT2D eigenvalue weighted by Gasteiger charge is 2.07. The summed E-state index contributed by atoms with van der Waals surface area (Å²) in [7, 11) is 3.78. The van der Waals surface area contributed by atoms with Crippen LogP contribution in [0.3, 0.4) is 0 Å². The zero-order chi connectivity index (χ0) is 14.5. The van der Waals surface area contributed by atoms with Crippen LogP contribution in [0.5, 0.6) is 5.75 Å². The van der Waals surface area contributed by atoms with E-state index in [4.69, 9.17) is 10.5 Å². The average molecular weight is 270 g/mol. The Bertz CT molecular complexity index is 581. The van der Waals surface area contributed by atoms with Crippen molar-refractivity contribution in [1.82, 2.24) is 4.90 Å². The molecule has 2 rings (SSSR count). The summed E-state index contributed by atoms with van der Waals surface area (Å²) in [6.07, 6.45) is 0. The van der Waals surface area contributed by atoms with Gasteiger partial charge in [0.2, 0.25) is 0 Å². The first-order chi connectivity index (χ1) is 9.60. The molecular formula is C17H22N2O. The number of hydrogen-bond acceptors (Lipinski definition) is 3. The van der Waals surface area contributed by atoms with E-state index in [2.05, 4.69) is 43.1 Å². The third kappa shape index (κ3) is 3.52. The van der Waals surface area contributed by atoms with Gasteiger partial charge in [-0.15, -0.1) is 0 Å². The van der Waals surface area contributed by atoms with E-state index in [-0.39, 0.29) is 0 Å². The molecule has 3 nitrogen and oxygen atoms in total. The summed E-state index contributed by atoms with van der Waals surface area (Å²) in [5.74, 6) is 0.846. The highest BCUT2D eigenvalue weighted by atomic mass is 16.5. The van der Waals surface area contributed by atoms with Crippen LogP contribution >= 0.6 is 0 Å². The summed E-state index contributed by atoms with van der Waals surface area (Å²) in [6, 6.07) is 14.2. The van der Waals surface area contributed by atoms with Gasteiger partial charge < -0.3 is 10.5 Å². The topological polar surface area (TPSA) is 38.5 Å². The van der Waals surface area contributed by atoms with Gasteiger partial charge in [0, 0.05) is 18.8 Å². The van der Waals surface area contributed by atoms with Gasteiger partial charge in [-0.25, -0.2) is 0 Å². The monoisotopic (exact) mass is 270 g/mol. The predicted molar refractivity (Wildman–Crippen MR) is 83.8 cm³/mol. The van der Waals surface area contributed by atoms with Crippen LogP contribution < -0.4 is 10.5 Å². The Kier molecular flexibility index (Phi) is 4.64. The van der Waals surface area contributed by atoms with Crippen LogP contribution in [0.1, 0.15) is 16.7 Å². The molecule has 2 aromatic rings. The van der Waals surface area contributed by atoms with E-state index in [1.54, 1.807) is 7.11 Å². The second-order valence-electron chi connectivity index (χ2n) is 5.16. The van der Waals surface area contributed by atoms with Gasteiger partial charge in [-0.3, -0.25) is 4.90 Å². The molecular weight excluding hydrogens is 248 g/mol. The number of benzene rings is 2. The summed E-state index contributed by atoms with van der Waals surface area (Å²) in [6.45, 7) is 3.85. The van der Waals surface area contributed by atoms with Crippen molar-refractivity contribution in [3.63, 3.8) is 0 Å². The fraction of sp³-hybridized carbons (Fsp3) is 0.294. The summed E-state index contributed by atoms with van der Waals surface area (Å²) in [5.41, 5.74) is 10.6. The third-order valence-corrected chi connectivity index (χ3v) is 3.49. The van der Waals surface area contributed by atoms with Gasteiger partial charge in [-0.1, -0.05) is 24.3 Å². The first-order valence-corrected chi connectivity index (χ1v) is 6.75. The Morgan fingerprint density at radius 1 is 1.05 bits per heavy atom. The lowest BCUT2D eigenvalue weighted by molar-refractivity contribution is 0.318. The van der Waals surface area contributed by atoms with E-state index in [1.807, 2.05) is 18.2 Å². The molecule has 0 spiro atoms. The summed E-state index contributed by atoms with van der Waals surface area (Å²) < 4.78 is 5.25. The number of methoxy groups -OCH3 is 1. The van der Waals surface area contributed by atoms with Gasteiger partial charge in [-0.05, 0) is 48.9 Å². The van der Waals surface area contributed by atoms with E-state index >= 15 is 0 Å². The molecule has 0 bridgehead atoms. The maximum Gasteiger partial charge on any atom is 0.119 e. The number of nitrogens with zero attached hydrogens (tertiary/aromatic N) is 1. The van der Waals surface area contributed by atoms with Crippen LogP contribution in [-0.4, -0.2) is 19.1 Å². The number of rotatable bonds is 5. The van der Waals surface area contributed by atoms with Crippen LogP contribution in [0.15, 0.2) is 42.5 Å². The standard InChI is InChI=1S/C17H22N2O/c1-13-6-4-5-7-14(13)11-19(2)12-15-10-16(20-3)8-9-17(15)18/h4-10H,11-12,18H2,1-3H3. The molecule has 2 N–H and O–H groups in total. The van der Waals surface area contributed by atoms with E-state index in [9.17, 15) is 0 Å². The Hall–Kier alpha value is -2.00. The second-order valence-corrected chi connectivity index (χ2v) is 5.16. The molecule has 0 saturated heterocycles. The highest BCUT2D eigenvalue weighted by Crippen LogP contribution is 2.21. The van der Waals surface area contributed by atoms with Crippen molar-refractivity contribution in [1.29, 1.82) is 0 Å². The largest absolute Gasteiger partial charge is 0.497 e. The van der Waals surface area contributed by atoms with Gasteiger partial charge in [0.25, 0.3) is 0 Å². The zero-order valence-electron chi connectivity index (χ0n) is 12.4. The first-order valence-electron chi connectivity index (χ1n) is 6.75. The SMILES string of the molecule is COc1ccc(N)c(CN(C)Cc2ccccc2C)c1. The molecule has 0 heterocycles. The lowest BCUT2D eigenvalue weighted by Gasteiger charge is -2.19. The minimum atomic E-state index is 0.803. The van der Waals surface area contributed by atoms with Crippen LogP contribution in [-0.2, 0) is 13.1 Å². The van der Waals surface area contributed by atoms with Crippen LogP contribution in [0.2, 0.25) is 0 Å². The van der Waals surface area contributed by atoms with Crippen LogP contribution in [0.25, 0.3) is 0 Å². The normalized spacial score (nSPS) is 10.8. The second kappa shape index (κ2) is 6.44. The molecule has 0 aromatic heterocycles. The predicted octanol–water partition coefficient (Wildman–Crippen LogP) is 3.22. The van der Waals surface area contributed by atoms with E-state index < -0.39 is 0 Å². The summed E-state index contributed by atoms with van der Waals surface area (Å²) in [5, 5.41) is 0. The summed E-state index contributed by atoms with van der Waals surface area (Å²) >= 11 is 0.